The molecule has 1 atom stereocenters. The number of nitrogens with one attached hydrogen (secondary N) is 1. The van der Waals surface area contributed by atoms with Crippen molar-refractivity contribution in [3.05, 3.63) is 59.5 Å². The molecule has 3 heteroatoms. The van der Waals surface area contributed by atoms with Crippen molar-refractivity contribution >= 4 is 11.8 Å². The zero-order valence-electron chi connectivity index (χ0n) is 11.6. The molecular formula is C16H21NOS. The standard InChI is InChI=1S/C16H21NOS/c1-13(10-14-6-4-3-5-7-14)17-11-15-8-9-16(18-15)12-19-2/h3-9,13,17H,10-12H2,1-2H3. The van der Waals surface area contributed by atoms with Gasteiger partial charge in [-0.15, -0.1) is 0 Å². The molecule has 1 heterocycles. The second-order valence-corrected chi connectivity index (χ2v) is 5.64. The molecular weight excluding hydrogens is 254 g/mol. The van der Waals surface area contributed by atoms with E-state index in [-0.39, 0.29) is 0 Å². The number of rotatable bonds is 7. The quantitative estimate of drug-likeness (QED) is 0.830. The van der Waals surface area contributed by atoms with Gasteiger partial charge >= 0.3 is 0 Å². The summed E-state index contributed by atoms with van der Waals surface area (Å²) in [6, 6.07) is 15.1. The van der Waals surface area contributed by atoms with E-state index >= 15 is 0 Å². The molecule has 1 aromatic heterocycles. The second-order valence-electron chi connectivity index (χ2n) is 4.77. The Hall–Kier alpha value is -1.19. The molecule has 1 aromatic carbocycles. The monoisotopic (exact) mass is 275 g/mol. The Morgan fingerprint density at radius 1 is 1.11 bits per heavy atom. The van der Waals surface area contributed by atoms with E-state index in [2.05, 4.69) is 61.0 Å². The number of thioether (sulfide) groups is 1. The van der Waals surface area contributed by atoms with Crippen LogP contribution >= 0.6 is 11.8 Å². The number of benzene rings is 1. The van der Waals surface area contributed by atoms with E-state index in [1.165, 1.54) is 5.56 Å². The van der Waals surface area contributed by atoms with Gasteiger partial charge in [0.1, 0.15) is 11.5 Å². The number of furan rings is 1. The van der Waals surface area contributed by atoms with E-state index in [1.807, 2.05) is 0 Å². The first kappa shape index (κ1) is 14.2. The summed E-state index contributed by atoms with van der Waals surface area (Å²) in [4.78, 5) is 0. The van der Waals surface area contributed by atoms with Crippen LogP contribution in [0.3, 0.4) is 0 Å². The fraction of sp³-hybridized carbons (Fsp3) is 0.375. The van der Waals surface area contributed by atoms with E-state index in [9.17, 15) is 0 Å². The minimum atomic E-state index is 0.441. The molecule has 1 N–H and O–H groups in total. The van der Waals surface area contributed by atoms with Gasteiger partial charge in [0, 0.05) is 6.04 Å². The van der Waals surface area contributed by atoms with Gasteiger partial charge in [-0.3, -0.25) is 0 Å². The fourth-order valence-electron chi connectivity index (χ4n) is 2.05. The lowest BCUT2D eigenvalue weighted by atomic mass is 10.1. The van der Waals surface area contributed by atoms with E-state index in [0.29, 0.717) is 6.04 Å². The van der Waals surface area contributed by atoms with Crippen LogP contribution in [0.25, 0.3) is 0 Å². The van der Waals surface area contributed by atoms with Gasteiger partial charge in [-0.05, 0) is 37.3 Å². The molecule has 0 spiro atoms. The van der Waals surface area contributed by atoms with E-state index in [4.69, 9.17) is 4.42 Å². The van der Waals surface area contributed by atoms with Gasteiger partial charge in [-0.1, -0.05) is 30.3 Å². The average molecular weight is 275 g/mol. The Bertz CT molecular complexity index is 481. The molecule has 0 aliphatic carbocycles. The predicted octanol–water partition coefficient (Wildman–Crippen LogP) is 3.86. The largest absolute Gasteiger partial charge is 0.464 e. The van der Waals surface area contributed by atoms with Crippen LogP contribution in [0.4, 0.5) is 0 Å². The molecule has 2 nitrogen and oxygen atoms in total. The highest BCUT2D eigenvalue weighted by molar-refractivity contribution is 7.97. The first-order chi connectivity index (χ1) is 9.28. The summed E-state index contributed by atoms with van der Waals surface area (Å²) in [7, 11) is 0. The molecule has 0 aliphatic rings. The maximum absolute atomic E-state index is 5.74. The molecule has 0 amide bonds. The van der Waals surface area contributed by atoms with Crippen molar-refractivity contribution in [3.63, 3.8) is 0 Å². The van der Waals surface area contributed by atoms with Crippen LogP contribution in [0.1, 0.15) is 24.0 Å². The summed E-state index contributed by atoms with van der Waals surface area (Å²) < 4.78 is 5.74. The van der Waals surface area contributed by atoms with Crippen LogP contribution in [-0.4, -0.2) is 12.3 Å². The van der Waals surface area contributed by atoms with Crippen molar-refractivity contribution in [3.8, 4) is 0 Å². The van der Waals surface area contributed by atoms with Gasteiger partial charge in [0.15, 0.2) is 0 Å². The van der Waals surface area contributed by atoms with Gasteiger partial charge in [0.2, 0.25) is 0 Å². The van der Waals surface area contributed by atoms with Crippen LogP contribution in [0.15, 0.2) is 46.9 Å². The molecule has 0 fully saturated rings. The zero-order chi connectivity index (χ0) is 13.5. The number of hydrogen-bond donors (Lipinski definition) is 1. The van der Waals surface area contributed by atoms with Crippen molar-refractivity contribution < 1.29 is 4.42 Å². The molecule has 1 unspecified atom stereocenters. The Morgan fingerprint density at radius 3 is 2.58 bits per heavy atom. The molecule has 0 saturated heterocycles. The SMILES string of the molecule is CSCc1ccc(CNC(C)Cc2ccccc2)o1. The molecule has 0 radical (unpaired) electrons. The Kier molecular flexibility index (Phi) is 5.55. The molecule has 0 aliphatic heterocycles. The topological polar surface area (TPSA) is 25.2 Å². The lowest BCUT2D eigenvalue weighted by Gasteiger charge is -2.12. The third-order valence-electron chi connectivity index (χ3n) is 3.01. The minimum absolute atomic E-state index is 0.441. The third-order valence-corrected chi connectivity index (χ3v) is 3.59. The van der Waals surface area contributed by atoms with Crippen LogP contribution < -0.4 is 5.32 Å². The summed E-state index contributed by atoms with van der Waals surface area (Å²) in [6.45, 7) is 3.00. The first-order valence-corrected chi connectivity index (χ1v) is 8.01. The van der Waals surface area contributed by atoms with Gasteiger partial charge in [-0.2, -0.15) is 11.8 Å². The second kappa shape index (κ2) is 7.41. The van der Waals surface area contributed by atoms with Crippen LogP contribution in [-0.2, 0) is 18.7 Å². The Labute approximate surface area is 119 Å². The summed E-state index contributed by atoms with van der Waals surface area (Å²) in [6.07, 6.45) is 3.13. The number of hydrogen-bond acceptors (Lipinski definition) is 3. The summed E-state index contributed by atoms with van der Waals surface area (Å²) in [5.41, 5.74) is 1.37. The van der Waals surface area contributed by atoms with Crippen LogP contribution in [0, 0.1) is 0 Å². The van der Waals surface area contributed by atoms with Crippen molar-refractivity contribution in [2.24, 2.45) is 0 Å². The summed E-state index contributed by atoms with van der Waals surface area (Å²) >= 11 is 1.78. The zero-order valence-corrected chi connectivity index (χ0v) is 12.4. The average Bonchev–Trinajstić information content (AvgIpc) is 2.86. The first-order valence-electron chi connectivity index (χ1n) is 6.62. The van der Waals surface area contributed by atoms with E-state index in [1.54, 1.807) is 11.8 Å². The van der Waals surface area contributed by atoms with Crippen molar-refractivity contribution in [1.82, 2.24) is 5.32 Å². The van der Waals surface area contributed by atoms with Crippen LogP contribution in [0.2, 0.25) is 0 Å². The van der Waals surface area contributed by atoms with Gasteiger partial charge in [0.05, 0.1) is 12.3 Å². The Morgan fingerprint density at radius 2 is 1.84 bits per heavy atom. The molecule has 2 rings (SSSR count). The van der Waals surface area contributed by atoms with Gasteiger partial charge in [-0.25, -0.2) is 0 Å². The van der Waals surface area contributed by atoms with Crippen LogP contribution in [0.5, 0.6) is 0 Å². The van der Waals surface area contributed by atoms with Gasteiger partial charge in [0.25, 0.3) is 0 Å². The lowest BCUT2D eigenvalue weighted by Crippen LogP contribution is -2.27. The Balaban J connectivity index is 1.78. The molecule has 0 saturated carbocycles. The summed E-state index contributed by atoms with van der Waals surface area (Å²) in [5.74, 6) is 3.02. The normalized spacial score (nSPS) is 12.5. The maximum Gasteiger partial charge on any atom is 0.118 e. The molecule has 2 aromatic rings. The lowest BCUT2D eigenvalue weighted by molar-refractivity contribution is 0.437. The third kappa shape index (κ3) is 4.77. The summed E-state index contributed by atoms with van der Waals surface area (Å²) in [5, 5.41) is 3.50. The van der Waals surface area contributed by atoms with Crippen molar-refractivity contribution in [2.75, 3.05) is 6.26 Å². The van der Waals surface area contributed by atoms with Crippen molar-refractivity contribution in [2.45, 2.75) is 31.7 Å². The van der Waals surface area contributed by atoms with Crippen molar-refractivity contribution in [1.29, 1.82) is 0 Å². The molecule has 0 bridgehead atoms. The van der Waals surface area contributed by atoms with Gasteiger partial charge < -0.3 is 9.73 Å². The maximum atomic E-state index is 5.74. The highest BCUT2D eigenvalue weighted by atomic mass is 32.2. The van der Waals surface area contributed by atoms with E-state index in [0.717, 1.165) is 30.2 Å². The fourth-order valence-corrected chi connectivity index (χ4v) is 2.49. The minimum Gasteiger partial charge on any atom is -0.464 e. The molecule has 102 valence electrons. The molecule has 19 heavy (non-hydrogen) atoms. The highest BCUT2D eigenvalue weighted by Crippen LogP contribution is 2.13. The van der Waals surface area contributed by atoms with E-state index < -0.39 is 0 Å². The highest BCUT2D eigenvalue weighted by Gasteiger charge is 2.05. The smallest absolute Gasteiger partial charge is 0.118 e. The predicted molar refractivity (Wildman–Crippen MR) is 82.4 cm³/mol.